The molecule has 1 rings (SSSR count). The Bertz CT molecular complexity index is 317. The molecule has 2 N–H and O–H groups in total. The molecule has 0 aliphatic heterocycles. The highest BCUT2D eigenvalue weighted by molar-refractivity contribution is 9.11. The molecule has 0 aliphatic carbocycles. The van der Waals surface area contributed by atoms with Crippen molar-refractivity contribution in [1.29, 1.82) is 0 Å². The van der Waals surface area contributed by atoms with Crippen LogP contribution in [-0.2, 0) is 11.3 Å². The average Bonchev–Trinajstić information content (AvgIpc) is 2.63. The van der Waals surface area contributed by atoms with Gasteiger partial charge in [-0.2, -0.15) is 0 Å². The second kappa shape index (κ2) is 8.21. The van der Waals surface area contributed by atoms with E-state index < -0.39 is 6.10 Å². The van der Waals surface area contributed by atoms with Gasteiger partial charge in [0, 0.05) is 24.6 Å². The molecule has 5 heteroatoms. The van der Waals surface area contributed by atoms with Gasteiger partial charge in [-0.1, -0.05) is 13.8 Å². The number of rotatable bonds is 8. The van der Waals surface area contributed by atoms with Gasteiger partial charge in [0.1, 0.15) is 0 Å². The Balaban J connectivity index is 2.05. The maximum Gasteiger partial charge on any atom is 0.0897 e. The van der Waals surface area contributed by atoms with Crippen LogP contribution in [-0.4, -0.2) is 31.0 Å². The number of aliphatic hydroxyl groups is 1. The highest BCUT2D eigenvalue weighted by Gasteiger charge is 2.05. The topological polar surface area (TPSA) is 41.5 Å². The molecule has 1 aromatic rings. The summed E-state index contributed by atoms with van der Waals surface area (Å²) in [6, 6.07) is 4.10. The summed E-state index contributed by atoms with van der Waals surface area (Å²) in [7, 11) is 0. The number of aliphatic hydroxyl groups excluding tert-OH is 1. The molecule has 1 heterocycles. The molecular weight excluding hydrogens is 302 g/mol. The zero-order valence-corrected chi connectivity index (χ0v) is 12.7. The van der Waals surface area contributed by atoms with Crippen molar-refractivity contribution in [2.24, 2.45) is 5.92 Å². The van der Waals surface area contributed by atoms with Crippen LogP contribution in [0.15, 0.2) is 15.9 Å². The zero-order valence-electron chi connectivity index (χ0n) is 10.3. The molecule has 1 atom stereocenters. The van der Waals surface area contributed by atoms with Crippen LogP contribution in [0.3, 0.4) is 0 Å². The lowest BCUT2D eigenvalue weighted by atomic mass is 10.2. The Morgan fingerprint density at radius 3 is 2.76 bits per heavy atom. The smallest absolute Gasteiger partial charge is 0.0897 e. The van der Waals surface area contributed by atoms with Gasteiger partial charge in [0.15, 0.2) is 0 Å². The minimum absolute atomic E-state index is 0.402. The molecule has 3 nitrogen and oxygen atoms in total. The number of halogens is 1. The van der Waals surface area contributed by atoms with E-state index in [0.29, 0.717) is 25.7 Å². The fourth-order valence-electron chi connectivity index (χ4n) is 1.31. The lowest BCUT2D eigenvalue weighted by Crippen LogP contribution is -2.30. The largest absolute Gasteiger partial charge is 0.389 e. The van der Waals surface area contributed by atoms with E-state index in [1.165, 1.54) is 4.88 Å². The van der Waals surface area contributed by atoms with Crippen molar-refractivity contribution >= 4 is 27.3 Å². The summed E-state index contributed by atoms with van der Waals surface area (Å²) in [4.78, 5) is 1.26. The van der Waals surface area contributed by atoms with Gasteiger partial charge in [0.2, 0.25) is 0 Å². The number of ether oxygens (including phenoxy) is 1. The van der Waals surface area contributed by atoms with Gasteiger partial charge in [-0.25, -0.2) is 0 Å². The Morgan fingerprint density at radius 2 is 2.18 bits per heavy atom. The molecule has 0 aliphatic rings. The van der Waals surface area contributed by atoms with Crippen LogP contribution >= 0.6 is 27.3 Å². The molecule has 0 saturated carbocycles. The molecule has 0 spiro atoms. The molecule has 1 aromatic heterocycles. The van der Waals surface area contributed by atoms with Crippen molar-refractivity contribution in [3.05, 3.63) is 20.8 Å². The maximum absolute atomic E-state index is 9.65. The standard InChI is InChI=1S/C12H20BrNO2S/c1-9(2)7-16-8-10(15)5-14-6-11-3-4-12(13)17-11/h3-4,9-10,14-15H,5-8H2,1-2H3. The third-order valence-electron chi connectivity index (χ3n) is 2.07. The third-order valence-corrected chi connectivity index (χ3v) is 3.69. The van der Waals surface area contributed by atoms with Crippen LogP contribution in [0.2, 0.25) is 0 Å². The third kappa shape index (κ3) is 7.16. The van der Waals surface area contributed by atoms with Crippen LogP contribution in [0.1, 0.15) is 18.7 Å². The zero-order chi connectivity index (χ0) is 12.7. The highest BCUT2D eigenvalue weighted by Crippen LogP contribution is 2.21. The van der Waals surface area contributed by atoms with E-state index >= 15 is 0 Å². The first-order chi connectivity index (χ1) is 8.08. The minimum Gasteiger partial charge on any atom is -0.389 e. The number of nitrogens with one attached hydrogen (secondary N) is 1. The monoisotopic (exact) mass is 321 g/mol. The van der Waals surface area contributed by atoms with Crippen LogP contribution < -0.4 is 5.32 Å². The van der Waals surface area contributed by atoms with Gasteiger partial charge in [0.05, 0.1) is 16.5 Å². The van der Waals surface area contributed by atoms with Crippen molar-refractivity contribution in [1.82, 2.24) is 5.32 Å². The minimum atomic E-state index is -0.433. The van der Waals surface area contributed by atoms with Gasteiger partial charge in [-0.3, -0.25) is 0 Å². The highest BCUT2D eigenvalue weighted by atomic mass is 79.9. The fraction of sp³-hybridized carbons (Fsp3) is 0.667. The number of hydrogen-bond donors (Lipinski definition) is 2. The molecule has 0 amide bonds. The van der Waals surface area contributed by atoms with E-state index in [-0.39, 0.29) is 0 Å². The summed E-state index contributed by atoms with van der Waals surface area (Å²) < 4.78 is 6.50. The van der Waals surface area contributed by atoms with E-state index in [1.807, 2.05) is 6.07 Å². The second-order valence-electron chi connectivity index (χ2n) is 4.42. The van der Waals surface area contributed by atoms with Gasteiger partial charge in [-0.15, -0.1) is 11.3 Å². The van der Waals surface area contributed by atoms with Gasteiger partial charge < -0.3 is 15.2 Å². The predicted molar refractivity (Wildman–Crippen MR) is 75.4 cm³/mol. The van der Waals surface area contributed by atoms with E-state index in [0.717, 1.165) is 10.3 Å². The number of hydrogen-bond acceptors (Lipinski definition) is 4. The van der Waals surface area contributed by atoms with E-state index in [4.69, 9.17) is 4.74 Å². The first-order valence-corrected chi connectivity index (χ1v) is 7.39. The lowest BCUT2D eigenvalue weighted by Gasteiger charge is -2.13. The summed E-state index contributed by atoms with van der Waals surface area (Å²) in [5, 5.41) is 12.9. The Hall–Kier alpha value is 0.0600. The molecule has 0 saturated heterocycles. The normalized spacial score (nSPS) is 13.2. The van der Waals surface area contributed by atoms with E-state index in [9.17, 15) is 5.11 Å². The second-order valence-corrected chi connectivity index (χ2v) is 6.97. The molecule has 0 fully saturated rings. The van der Waals surface area contributed by atoms with Crippen LogP contribution in [0.5, 0.6) is 0 Å². The Labute approximate surface area is 115 Å². The number of thiophene rings is 1. The fourth-order valence-corrected chi connectivity index (χ4v) is 2.76. The summed E-state index contributed by atoms with van der Waals surface area (Å²) in [5.74, 6) is 0.513. The van der Waals surface area contributed by atoms with Gasteiger partial charge in [-0.05, 0) is 34.0 Å². The average molecular weight is 322 g/mol. The molecule has 0 bridgehead atoms. The molecule has 0 radical (unpaired) electrons. The molecular formula is C12H20BrNO2S. The quantitative estimate of drug-likeness (QED) is 0.773. The van der Waals surface area contributed by atoms with Crippen molar-refractivity contribution in [2.45, 2.75) is 26.5 Å². The first-order valence-electron chi connectivity index (χ1n) is 5.78. The van der Waals surface area contributed by atoms with Crippen LogP contribution in [0.25, 0.3) is 0 Å². The lowest BCUT2D eigenvalue weighted by molar-refractivity contribution is 0.0261. The van der Waals surface area contributed by atoms with Crippen molar-refractivity contribution in [3.8, 4) is 0 Å². The van der Waals surface area contributed by atoms with Crippen molar-refractivity contribution in [3.63, 3.8) is 0 Å². The van der Waals surface area contributed by atoms with Crippen molar-refractivity contribution < 1.29 is 9.84 Å². The van der Waals surface area contributed by atoms with E-state index in [2.05, 4.69) is 41.2 Å². The first kappa shape index (κ1) is 15.1. The summed E-state index contributed by atoms with van der Waals surface area (Å²) in [5.41, 5.74) is 0. The Morgan fingerprint density at radius 1 is 1.41 bits per heavy atom. The van der Waals surface area contributed by atoms with Crippen LogP contribution in [0, 0.1) is 5.92 Å². The molecule has 98 valence electrons. The summed E-state index contributed by atoms with van der Waals surface area (Å²) in [6.07, 6.45) is -0.433. The molecule has 17 heavy (non-hydrogen) atoms. The predicted octanol–water partition coefficient (Wildman–Crippen LogP) is 2.63. The molecule has 0 aromatic carbocycles. The summed E-state index contributed by atoms with van der Waals surface area (Å²) >= 11 is 5.12. The van der Waals surface area contributed by atoms with Gasteiger partial charge in [0.25, 0.3) is 0 Å². The van der Waals surface area contributed by atoms with Gasteiger partial charge >= 0.3 is 0 Å². The molecule has 1 unspecified atom stereocenters. The maximum atomic E-state index is 9.65. The van der Waals surface area contributed by atoms with E-state index in [1.54, 1.807) is 11.3 Å². The SMILES string of the molecule is CC(C)COCC(O)CNCc1ccc(Br)s1. The van der Waals surface area contributed by atoms with Crippen molar-refractivity contribution in [2.75, 3.05) is 19.8 Å². The summed E-state index contributed by atoms with van der Waals surface area (Å²) in [6.45, 7) is 6.65. The van der Waals surface area contributed by atoms with Crippen LogP contribution in [0.4, 0.5) is 0 Å². The Kier molecular flexibility index (Phi) is 7.30.